The molecule has 0 saturated carbocycles. The number of nitrogens with two attached hydrogens (primary N) is 6. The first-order valence-electron chi connectivity index (χ1n) is 39.3. The van der Waals surface area contributed by atoms with Gasteiger partial charge in [0, 0.05) is 108 Å². The van der Waals surface area contributed by atoms with Gasteiger partial charge in [-0.2, -0.15) is 92.7 Å². The Hall–Kier alpha value is -3.28. The van der Waals surface area contributed by atoms with Gasteiger partial charge in [-0.05, 0) is 128 Å². The van der Waals surface area contributed by atoms with E-state index in [1.807, 2.05) is 50.2 Å². The van der Waals surface area contributed by atoms with E-state index in [1.165, 1.54) is 74.7 Å². The van der Waals surface area contributed by atoms with E-state index in [9.17, 15) is 43.2 Å². The average Bonchev–Trinajstić information content (AvgIpc) is 0.840. The molecule has 3 rings (SSSR count). The summed E-state index contributed by atoms with van der Waals surface area (Å²) in [5.74, 6) is 4.79. The predicted octanol–water partition coefficient (Wildman–Crippen LogP) is 12.0. The van der Waals surface area contributed by atoms with Crippen LogP contribution in [0.2, 0.25) is 0 Å². The number of thiol groups is 2. The molecule has 0 aliphatic rings. The largest absolute Gasteiger partial charge is 0.488 e. The summed E-state index contributed by atoms with van der Waals surface area (Å²) < 4.78 is 35.3. The molecular weight excluding hydrogens is 1910 g/mol. The van der Waals surface area contributed by atoms with Crippen LogP contribution < -0.4 is 84.1 Å². The van der Waals surface area contributed by atoms with Crippen LogP contribution in [0.15, 0.2) is 36.4 Å². The number of hydrogen-bond acceptors (Lipinski definition) is 27. The Morgan fingerprint density at radius 3 is 0.807 bits per heavy atom. The molecule has 0 fully saturated rings. The number of hydrogen-bond donors (Lipinski definition) is 13. The van der Waals surface area contributed by atoms with E-state index < -0.39 is 18.1 Å². The molecule has 3 aromatic rings. The molecule has 0 unspecified atom stereocenters. The van der Waals surface area contributed by atoms with Crippen molar-refractivity contribution in [1.29, 1.82) is 0 Å². The Labute approximate surface area is 786 Å². The minimum atomic E-state index is -0.670. The van der Waals surface area contributed by atoms with Gasteiger partial charge in [-0.1, -0.05) is 159 Å². The van der Waals surface area contributed by atoms with Gasteiger partial charge in [0.15, 0.2) is 55.0 Å². The predicted molar refractivity (Wildman–Crippen MR) is 519 cm³/mol. The fourth-order valence-corrected chi connectivity index (χ4v) is 13.3. The number of carbonyl (C=O) groups is 9. The summed E-state index contributed by atoms with van der Waals surface area (Å²) in [5, 5.41) is 20.0. The zero-order valence-electron chi connectivity index (χ0n) is 71.6. The monoisotopic (exact) mass is 2060 g/mol. The number of amides is 4. The summed E-state index contributed by atoms with van der Waals surface area (Å²) in [6.07, 6.45) is 17.0. The molecule has 17 N–H and O–H groups in total. The van der Waals surface area contributed by atoms with Crippen molar-refractivity contribution >= 4 is 190 Å². The van der Waals surface area contributed by atoms with Gasteiger partial charge in [-0.15, -0.1) is 0 Å². The molecule has 0 heterocycles. The Balaban J connectivity index is -0.000000243. The van der Waals surface area contributed by atoms with E-state index >= 15 is 0 Å². The molecule has 4 amide bonds. The van der Waals surface area contributed by atoms with Crippen LogP contribution >= 0.6 is 140 Å². The maximum atomic E-state index is 12.5. The second-order valence-electron chi connectivity index (χ2n) is 26.8. The van der Waals surface area contributed by atoms with Crippen LogP contribution in [0.1, 0.15) is 218 Å². The topological polar surface area (TPSA) is 433 Å². The molecule has 0 radical (unpaired) electrons. The van der Waals surface area contributed by atoms with Crippen LogP contribution in [0.3, 0.4) is 0 Å². The van der Waals surface area contributed by atoms with E-state index in [0.717, 1.165) is 136 Å². The van der Waals surface area contributed by atoms with Gasteiger partial charge in [0.25, 0.3) is 0 Å². The second kappa shape index (κ2) is 84.2. The normalized spacial score (nSPS) is 11.4. The van der Waals surface area contributed by atoms with Crippen LogP contribution in [-0.4, -0.2) is 159 Å². The van der Waals surface area contributed by atoms with Crippen molar-refractivity contribution in [3.63, 3.8) is 0 Å². The number of thioether (sulfide) groups is 4. The number of carboxylic acid groups (broad SMARTS) is 1. The third-order valence-corrected chi connectivity index (χ3v) is 21.0. The van der Waals surface area contributed by atoms with Crippen molar-refractivity contribution in [2.45, 2.75) is 231 Å². The van der Waals surface area contributed by atoms with Gasteiger partial charge in [0.1, 0.15) is 39.6 Å². The summed E-state index contributed by atoms with van der Waals surface area (Å²) in [4.78, 5) is 105. The summed E-state index contributed by atoms with van der Waals surface area (Å²) in [6.45, 7) is 23.1. The number of ether oxygens (including phenoxy) is 6. The smallest absolute Gasteiger partial charge is 0.306 e. The molecule has 119 heavy (non-hydrogen) atoms. The zero-order chi connectivity index (χ0) is 84.0. The van der Waals surface area contributed by atoms with Crippen LogP contribution in [0.25, 0.3) is 0 Å². The molecule has 0 saturated heterocycles. The molecule has 39 heteroatoms. The quantitative estimate of drug-likeness (QED) is 0.0184. The van der Waals surface area contributed by atoms with Gasteiger partial charge >= 0.3 is 5.97 Å². The van der Waals surface area contributed by atoms with Crippen molar-refractivity contribution in [2.24, 2.45) is 52.2 Å². The fourth-order valence-electron chi connectivity index (χ4n) is 10.2. The second-order valence-corrected chi connectivity index (χ2v) is 32.0. The standard InChI is InChI=1S/C32H52N2O6S2.C24H44N6O4S2.C16H24N2O4S2.C8H16O2.FH.5H2S.W/c1-7-9-11-13-23(3)31(37)33-15-17-39-29-19-27(21-41-25(5)35)28(22-42-26(6)36)20-30(29)40-18-16-34-32(38)24(4)14-12-10-8-2;25-7-3-1-5-19(27)23(31)29-9-11-33-21-13-17(15-35)18(16-36)14-22(21)34-12-10-30-24(32)20(28)6-2-4-8-26;1-11(19)23-9-13-7-15(21-5-3-17)16(22-6-4-18)8-14(13)10-24-12(2)20;1-3-4-5-6-7(2)8(9)10;;;;;;;/h19-20,23-24H,7-18,21-22H2,1-6H3,(H,33,37)(H,34,38);13-14,19-20,35-36H,1-12,15-16,25-28H2,(H,29,31)(H,30,32);7-8H,3-6,9-10,17-18H2,1-2H3;7H,3-6H2,1-2H3,(H,9,10);1H;5*1H2;/t23-,24-;19-,20-;;7-;;;;;;;/m00.0......./s1. The van der Waals surface area contributed by atoms with Crippen molar-refractivity contribution in [2.75, 3.05) is 92.0 Å². The number of halogens is 1. The average molecular weight is 2060 g/mol. The minimum absolute atomic E-state index is 0. The van der Waals surface area contributed by atoms with E-state index in [1.54, 1.807) is 6.92 Å². The minimum Gasteiger partial charge on any atom is -0.488 e. The molecular formula is C80H147FN10O16S11W. The summed E-state index contributed by atoms with van der Waals surface area (Å²) >= 11 is 13.6. The van der Waals surface area contributed by atoms with Gasteiger partial charge < -0.3 is 89.2 Å². The van der Waals surface area contributed by atoms with Crippen molar-refractivity contribution in [3.05, 3.63) is 69.8 Å². The number of aliphatic carboxylic acids is 1. The third-order valence-electron chi connectivity index (χ3n) is 16.9. The van der Waals surface area contributed by atoms with Crippen LogP contribution in [0.4, 0.5) is 4.70 Å². The maximum Gasteiger partial charge on any atom is 0.306 e. The first kappa shape index (κ1) is 131. The summed E-state index contributed by atoms with van der Waals surface area (Å²) in [5.41, 5.74) is 39.4. The van der Waals surface area contributed by atoms with Gasteiger partial charge in [0.2, 0.25) is 23.6 Å². The molecule has 26 nitrogen and oxygen atoms in total. The molecule has 0 aliphatic heterocycles. The molecule has 0 aromatic heterocycles. The number of carboxylic acids is 1. The van der Waals surface area contributed by atoms with Crippen molar-refractivity contribution in [1.82, 2.24) is 21.3 Å². The molecule has 5 atom stereocenters. The maximum absolute atomic E-state index is 12.5. The number of rotatable bonds is 57. The van der Waals surface area contributed by atoms with E-state index in [4.69, 9.17) is 67.9 Å². The van der Waals surface area contributed by atoms with Crippen molar-refractivity contribution in [3.8, 4) is 34.5 Å². The van der Waals surface area contributed by atoms with Crippen LogP contribution in [0.5, 0.6) is 34.5 Å². The van der Waals surface area contributed by atoms with E-state index in [2.05, 4.69) is 67.3 Å². The third kappa shape index (κ3) is 65.0. The molecule has 0 aliphatic carbocycles. The van der Waals surface area contributed by atoms with E-state index in [-0.39, 0.29) is 182 Å². The number of unbranched alkanes of at least 4 members (excludes halogenated alkanes) is 8. The Bertz CT molecular complexity index is 3030. The number of carbonyl (C=O) groups excluding carboxylic acids is 8. The van der Waals surface area contributed by atoms with Gasteiger partial charge in [-0.3, -0.25) is 47.9 Å². The molecule has 0 spiro atoms. The van der Waals surface area contributed by atoms with Crippen molar-refractivity contribution < 1.29 is 102 Å². The number of nitrogens with one attached hydrogen (secondary N) is 4. The fraction of sp³-hybridized carbons (Fsp3) is 0.662. The van der Waals surface area contributed by atoms with Gasteiger partial charge in [0.05, 0.1) is 44.2 Å². The first-order chi connectivity index (χ1) is 53.6. The Kier molecular flexibility index (Phi) is 92.9. The van der Waals surface area contributed by atoms with Gasteiger partial charge in [-0.25, -0.2) is 0 Å². The summed E-state index contributed by atoms with van der Waals surface area (Å²) in [7, 11) is 0. The molecule has 692 valence electrons. The summed E-state index contributed by atoms with van der Waals surface area (Å²) in [6, 6.07) is 10.0. The number of benzene rings is 3. The van der Waals surface area contributed by atoms with E-state index in [0.29, 0.717) is 147 Å². The Morgan fingerprint density at radius 1 is 0.361 bits per heavy atom. The van der Waals surface area contributed by atoms with Crippen LogP contribution in [0, 0.1) is 17.8 Å². The molecule has 0 bridgehead atoms. The first-order valence-corrected chi connectivity index (χ1v) is 44.5. The zero-order valence-corrected chi connectivity index (χ0v) is 84.6. The SMILES string of the molecule is CC(=O)SCc1cc(OCCN)c(OCCN)cc1CSC(C)=O.CCCCC[C@H](C)C(=O)NCCOc1cc(CSC(C)=O)c(CSC(C)=O)cc1OCCNC(=O)[C@@H](C)CCCCC.CCCCC[C@H](C)C(=O)O.F.NCCCC[C@H](N)C(=O)NCCOc1cc(CS)c(CS)cc1OCCNC(=O)[C@@H](N)CCCCN.S.S.S.S.S.[W]. The Morgan fingerprint density at radius 2 is 0.588 bits per heavy atom. The molecule has 3 aromatic carbocycles. The van der Waals surface area contributed by atoms with Crippen LogP contribution in [-0.2, 0) is 98.7 Å².